The average molecular weight is 386 g/mol. The number of carbonyl (C=O) groups is 1. The second-order valence-electron chi connectivity index (χ2n) is 5.16. The predicted octanol–water partition coefficient (Wildman–Crippen LogP) is 4.47. The third-order valence-corrected chi connectivity index (χ3v) is 4.52. The molecular formula is C18H16BrN3O2. The van der Waals surface area contributed by atoms with Gasteiger partial charge in [0.1, 0.15) is 5.82 Å². The van der Waals surface area contributed by atoms with Crippen molar-refractivity contribution in [2.75, 3.05) is 12.4 Å². The average Bonchev–Trinajstić information content (AvgIpc) is 2.91. The van der Waals surface area contributed by atoms with Crippen LogP contribution in [0.15, 0.2) is 59.1 Å². The maximum absolute atomic E-state index is 12.0. The van der Waals surface area contributed by atoms with Crippen LogP contribution in [0.1, 0.15) is 16.1 Å². The number of hydrogen-bond acceptors (Lipinski definition) is 4. The van der Waals surface area contributed by atoms with Crippen molar-refractivity contribution in [1.82, 2.24) is 9.78 Å². The molecule has 0 aliphatic carbocycles. The lowest BCUT2D eigenvalue weighted by atomic mass is 10.2. The number of nitrogens with one attached hydrogen (secondary N) is 1. The van der Waals surface area contributed by atoms with Gasteiger partial charge in [-0.05, 0) is 47.1 Å². The highest BCUT2D eigenvalue weighted by Gasteiger charge is 2.18. The van der Waals surface area contributed by atoms with Gasteiger partial charge in [-0.25, -0.2) is 9.48 Å². The summed E-state index contributed by atoms with van der Waals surface area (Å²) in [7, 11) is 1.37. The maximum Gasteiger partial charge on any atom is 0.339 e. The number of esters is 1. The summed E-state index contributed by atoms with van der Waals surface area (Å²) in [5, 5.41) is 7.86. The SMILES string of the molecule is COC(=O)c1ccccc1Nc1c(Br)c(C)nn1-c1ccccc1. The minimum absolute atomic E-state index is 0.392. The van der Waals surface area contributed by atoms with Crippen LogP contribution in [0, 0.1) is 6.92 Å². The van der Waals surface area contributed by atoms with Gasteiger partial charge in [0.15, 0.2) is 0 Å². The van der Waals surface area contributed by atoms with Crippen molar-refractivity contribution >= 4 is 33.4 Å². The van der Waals surface area contributed by atoms with Crippen LogP contribution in [0.4, 0.5) is 11.5 Å². The first kappa shape index (κ1) is 16.3. The molecule has 3 rings (SSSR count). The van der Waals surface area contributed by atoms with Crippen LogP contribution in [0.2, 0.25) is 0 Å². The molecule has 0 saturated carbocycles. The van der Waals surface area contributed by atoms with Crippen LogP contribution in [-0.4, -0.2) is 22.9 Å². The zero-order valence-electron chi connectivity index (χ0n) is 13.3. The third-order valence-electron chi connectivity index (χ3n) is 3.57. The lowest BCUT2D eigenvalue weighted by molar-refractivity contribution is 0.0602. The summed E-state index contributed by atoms with van der Waals surface area (Å²) in [6.07, 6.45) is 0. The van der Waals surface area contributed by atoms with Crippen molar-refractivity contribution in [3.63, 3.8) is 0 Å². The van der Waals surface area contributed by atoms with E-state index in [0.29, 0.717) is 11.3 Å². The molecule has 0 radical (unpaired) electrons. The molecule has 0 atom stereocenters. The van der Waals surface area contributed by atoms with Gasteiger partial charge in [-0.3, -0.25) is 0 Å². The van der Waals surface area contributed by atoms with Gasteiger partial charge in [0.05, 0.1) is 34.2 Å². The van der Waals surface area contributed by atoms with Gasteiger partial charge in [0, 0.05) is 0 Å². The van der Waals surface area contributed by atoms with Gasteiger partial charge >= 0.3 is 5.97 Å². The van der Waals surface area contributed by atoms with Crippen LogP contribution in [0.25, 0.3) is 5.69 Å². The van der Waals surface area contributed by atoms with Gasteiger partial charge in [-0.2, -0.15) is 5.10 Å². The molecule has 1 aromatic heterocycles. The first-order valence-electron chi connectivity index (χ1n) is 7.36. The molecule has 0 fully saturated rings. The molecule has 0 aliphatic rings. The Morgan fingerprint density at radius 2 is 1.79 bits per heavy atom. The Hall–Kier alpha value is -2.60. The summed E-state index contributed by atoms with van der Waals surface area (Å²) < 4.78 is 7.49. The van der Waals surface area contributed by atoms with Crippen LogP contribution < -0.4 is 5.32 Å². The van der Waals surface area contributed by atoms with E-state index in [1.807, 2.05) is 49.4 Å². The summed E-state index contributed by atoms with van der Waals surface area (Å²) in [6.45, 7) is 1.92. The molecule has 122 valence electrons. The molecule has 0 spiro atoms. The minimum atomic E-state index is -0.392. The Balaban J connectivity index is 2.08. The minimum Gasteiger partial charge on any atom is -0.465 e. The first-order valence-corrected chi connectivity index (χ1v) is 8.16. The smallest absolute Gasteiger partial charge is 0.339 e. The molecule has 24 heavy (non-hydrogen) atoms. The third kappa shape index (κ3) is 3.05. The lowest BCUT2D eigenvalue weighted by Crippen LogP contribution is -2.08. The molecule has 0 amide bonds. The Kier molecular flexibility index (Phi) is 4.66. The van der Waals surface area contributed by atoms with E-state index >= 15 is 0 Å². The second-order valence-corrected chi connectivity index (χ2v) is 5.95. The van der Waals surface area contributed by atoms with E-state index in [1.165, 1.54) is 7.11 Å². The van der Waals surface area contributed by atoms with Crippen LogP contribution in [-0.2, 0) is 4.74 Å². The number of halogens is 1. The summed E-state index contributed by atoms with van der Waals surface area (Å²) >= 11 is 3.57. The normalized spacial score (nSPS) is 10.5. The monoisotopic (exact) mass is 385 g/mol. The molecule has 5 nitrogen and oxygen atoms in total. The number of nitrogens with zero attached hydrogens (tertiary/aromatic N) is 2. The molecule has 3 aromatic rings. The lowest BCUT2D eigenvalue weighted by Gasteiger charge is -2.13. The molecule has 2 aromatic carbocycles. The van der Waals surface area contributed by atoms with Crippen LogP contribution in [0.3, 0.4) is 0 Å². The van der Waals surface area contributed by atoms with Crippen molar-refractivity contribution < 1.29 is 9.53 Å². The fourth-order valence-electron chi connectivity index (χ4n) is 2.38. The molecule has 0 bridgehead atoms. The Bertz CT molecular complexity index is 875. The number of rotatable bonds is 4. The molecule has 0 aliphatic heterocycles. The zero-order chi connectivity index (χ0) is 17.1. The molecule has 0 unspecified atom stereocenters. The van der Waals surface area contributed by atoms with E-state index in [-0.39, 0.29) is 0 Å². The molecule has 1 heterocycles. The Morgan fingerprint density at radius 3 is 2.50 bits per heavy atom. The number of benzene rings is 2. The number of aryl methyl sites for hydroxylation is 1. The van der Waals surface area contributed by atoms with Crippen LogP contribution >= 0.6 is 15.9 Å². The van der Waals surface area contributed by atoms with E-state index in [0.717, 1.165) is 21.7 Å². The zero-order valence-corrected chi connectivity index (χ0v) is 14.9. The standard InChI is InChI=1S/C18H16BrN3O2/c1-12-16(19)17(22(21-12)13-8-4-3-5-9-13)20-15-11-7-6-10-14(15)18(23)24-2/h3-11,20H,1-2H3. The summed E-state index contributed by atoms with van der Waals surface area (Å²) in [5.74, 6) is 0.353. The van der Waals surface area contributed by atoms with Gasteiger partial charge in [-0.15, -0.1) is 0 Å². The van der Waals surface area contributed by atoms with Crippen molar-refractivity contribution in [2.24, 2.45) is 0 Å². The number of aromatic nitrogens is 2. The highest BCUT2D eigenvalue weighted by molar-refractivity contribution is 9.10. The highest BCUT2D eigenvalue weighted by atomic mass is 79.9. The summed E-state index contributed by atoms with van der Waals surface area (Å²) in [6, 6.07) is 17.0. The van der Waals surface area contributed by atoms with Crippen molar-refractivity contribution in [1.29, 1.82) is 0 Å². The van der Waals surface area contributed by atoms with E-state index in [1.54, 1.807) is 16.8 Å². The van der Waals surface area contributed by atoms with Crippen molar-refractivity contribution in [3.8, 4) is 5.69 Å². The number of anilines is 2. The summed E-state index contributed by atoms with van der Waals surface area (Å²) in [5.41, 5.74) is 2.88. The number of carbonyl (C=O) groups excluding carboxylic acids is 1. The largest absolute Gasteiger partial charge is 0.465 e. The fourth-order valence-corrected chi connectivity index (χ4v) is 2.73. The summed E-state index contributed by atoms with van der Waals surface area (Å²) in [4.78, 5) is 12.0. The van der Waals surface area contributed by atoms with Gasteiger partial charge in [0.25, 0.3) is 0 Å². The predicted molar refractivity (Wildman–Crippen MR) is 97.1 cm³/mol. The maximum atomic E-state index is 12.0. The van der Waals surface area contributed by atoms with Gasteiger partial charge in [-0.1, -0.05) is 30.3 Å². The highest BCUT2D eigenvalue weighted by Crippen LogP contribution is 2.32. The molecular weight excluding hydrogens is 370 g/mol. The number of ether oxygens (including phenoxy) is 1. The molecule has 6 heteroatoms. The topological polar surface area (TPSA) is 56.1 Å². The van der Waals surface area contributed by atoms with E-state index < -0.39 is 5.97 Å². The Labute approximate surface area is 148 Å². The van der Waals surface area contributed by atoms with Crippen LogP contribution in [0.5, 0.6) is 0 Å². The fraction of sp³-hybridized carbons (Fsp3) is 0.111. The van der Waals surface area contributed by atoms with Gasteiger partial charge < -0.3 is 10.1 Å². The number of hydrogen-bond donors (Lipinski definition) is 1. The van der Waals surface area contributed by atoms with E-state index in [2.05, 4.69) is 26.3 Å². The second kappa shape index (κ2) is 6.88. The quantitative estimate of drug-likeness (QED) is 0.672. The number of para-hydroxylation sites is 2. The Morgan fingerprint density at radius 1 is 1.12 bits per heavy atom. The van der Waals surface area contributed by atoms with Gasteiger partial charge in [0.2, 0.25) is 0 Å². The number of methoxy groups -OCH3 is 1. The van der Waals surface area contributed by atoms with E-state index in [4.69, 9.17) is 4.74 Å². The van der Waals surface area contributed by atoms with Crippen molar-refractivity contribution in [2.45, 2.75) is 6.92 Å². The van der Waals surface area contributed by atoms with Crippen molar-refractivity contribution in [3.05, 3.63) is 70.3 Å². The molecule has 0 saturated heterocycles. The van der Waals surface area contributed by atoms with E-state index in [9.17, 15) is 4.79 Å². The first-order chi connectivity index (χ1) is 11.6. The molecule has 1 N–H and O–H groups in total.